The maximum atomic E-state index is 11.5. The monoisotopic (exact) mass is 323 g/mol. The Hall–Kier alpha value is -2.05. The minimum Gasteiger partial charge on any atom is -0.397 e. The fraction of sp³-hybridized carbons (Fsp3) is 0.143. The van der Waals surface area contributed by atoms with Gasteiger partial charge in [0, 0.05) is 18.5 Å². The Morgan fingerprint density at radius 2 is 2.00 bits per heavy atom. The zero-order chi connectivity index (χ0) is 15.6. The van der Waals surface area contributed by atoms with Crippen molar-refractivity contribution >= 4 is 45.3 Å². The summed E-state index contributed by atoms with van der Waals surface area (Å²) < 4.78 is 0. The van der Waals surface area contributed by atoms with Crippen molar-refractivity contribution in [3.63, 3.8) is 0 Å². The molecular formula is C14H14ClN3O2S. The third-order valence-electron chi connectivity index (χ3n) is 2.91. The number of amides is 1. The second kappa shape index (κ2) is 6.15. The Bertz CT molecular complexity index is 712. The zero-order valence-corrected chi connectivity index (χ0v) is 12.8. The van der Waals surface area contributed by atoms with Gasteiger partial charge >= 0.3 is 0 Å². The lowest BCUT2D eigenvalue weighted by atomic mass is 10.2. The first kappa shape index (κ1) is 15.3. The largest absolute Gasteiger partial charge is 0.397 e. The fourth-order valence-electron chi connectivity index (χ4n) is 1.89. The molecule has 0 bridgehead atoms. The van der Waals surface area contributed by atoms with Crippen molar-refractivity contribution in [2.45, 2.75) is 13.5 Å². The van der Waals surface area contributed by atoms with Crippen LogP contribution in [0.1, 0.15) is 32.5 Å². The summed E-state index contributed by atoms with van der Waals surface area (Å²) in [7, 11) is 0. The van der Waals surface area contributed by atoms with E-state index < -0.39 is 5.91 Å². The first-order chi connectivity index (χ1) is 9.91. The highest BCUT2D eigenvalue weighted by atomic mass is 35.5. The Morgan fingerprint density at radius 1 is 1.33 bits per heavy atom. The molecule has 7 heteroatoms. The van der Waals surface area contributed by atoms with Crippen LogP contribution in [0, 0.1) is 0 Å². The van der Waals surface area contributed by atoms with E-state index >= 15 is 0 Å². The molecule has 0 atom stereocenters. The lowest BCUT2D eigenvalue weighted by Gasteiger charge is -2.07. The van der Waals surface area contributed by atoms with Crippen LogP contribution in [0.25, 0.3) is 0 Å². The Balaban J connectivity index is 2.32. The number of Topliss-reactive ketones (excluding diaryl/α,β-unsaturated/α-hetero) is 1. The molecule has 1 aromatic carbocycles. The van der Waals surface area contributed by atoms with E-state index in [1.807, 2.05) is 18.2 Å². The van der Waals surface area contributed by atoms with Crippen LogP contribution in [0.4, 0.5) is 10.7 Å². The van der Waals surface area contributed by atoms with Gasteiger partial charge in [0.2, 0.25) is 0 Å². The van der Waals surface area contributed by atoms with E-state index in [1.54, 1.807) is 6.07 Å². The topological polar surface area (TPSA) is 98.2 Å². The van der Waals surface area contributed by atoms with Gasteiger partial charge in [-0.3, -0.25) is 9.59 Å². The molecule has 2 aromatic rings. The van der Waals surface area contributed by atoms with Crippen molar-refractivity contribution in [1.82, 2.24) is 0 Å². The molecule has 0 spiro atoms. The molecule has 1 amide bonds. The van der Waals surface area contributed by atoms with E-state index in [2.05, 4.69) is 5.32 Å². The third kappa shape index (κ3) is 3.17. The van der Waals surface area contributed by atoms with E-state index in [0.29, 0.717) is 21.4 Å². The Labute approximate surface area is 130 Å². The number of primary amides is 1. The Morgan fingerprint density at radius 3 is 2.57 bits per heavy atom. The summed E-state index contributed by atoms with van der Waals surface area (Å²) in [4.78, 5) is 23.4. The van der Waals surface area contributed by atoms with Gasteiger partial charge in [0.1, 0.15) is 5.00 Å². The van der Waals surface area contributed by atoms with Gasteiger partial charge in [-0.25, -0.2) is 0 Å². The van der Waals surface area contributed by atoms with E-state index in [9.17, 15) is 9.59 Å². The minimum absolute atomic E-state index is 0.127. The summed E-state index contributed by atoms with van der Waals surface area (Å²) >= 11 is 7.19. The second-order valence-corrected chi connectivity index (χ2v) is 5.84. The maximum absolute atomic E-state index is 11.5. The normalized spacial score (nSPS) is 10.4. The van der Waals surface area contributed by atoms with Crippen LogP contribution >= 0.6 is 22.9 Å². The number of anilines is 2. The predicted octanol–water partition coefficient (Wildman–Crippen LogP) is 2.90. The van der Waals surface area contributed by atoms with E-state index in [4.69, 9.17) is 23.1 Å². The van der Waals surface area contributed by atoms with Crippen LogP contribution in [0.15, 0.2) is 24.3 Å². The summed E-state index contributed by atoms with van der Waals surface area (Å²) in [6.45, 7) is 1.79. The van der Waals surface area contributed by atoms with E-state index in [1.165, 1.54) is 6.92 Å². The van der Waals surface area contributed by atoms with Gasteiger partial charge in [-0.05, 0) is 11.6 Å². The zero-order valence-electron chi connectivity index (χ0n) is 11.3. The maximum Gasteiger partial charge on any atom is 0.253 e. The van der Waals surface area contributed by atoms with E-state index in [0.717, 1.165) is 16.9 Å². The number of ketones is 1. The van der Waals surface area contributed by atoms with Crippen molar-refractivity contribution in [3.8, 4) is 0 Å². The molecule has 0 aliphatic carbocycles. The predicted molar refractivity (Wildman–Crippen MR) is 86.0 cm³/mol. The molecule has 0 unspecified atom stereocenters. The molecule has 0 radical (unpaired) electrons. The third-order valence-corrected chi connectivity index (χ3v) is 4.54. The summed E-state index contributed by atoms with van der Waals surface area (Å²) in [5.41, 5.74) is 12.3. The smallest absolute Gasteiger partial charge is 0.253 e. The van der Waals surface area contributed by atoms with Crippen LogP contribution in [-0.2, 0) is 6.54 Å². The number of nitrogen functional groups attached to an aromatic ring is 1. The van der Waals surface area contributed by atoms with Gasteiger partial charge in [-0.2, -0.15) is 0 Å². The van der Waals surface area contributed by atoms with Crippen molar-refractivity contribution < 1.29 is 9.59 Å². The molecule has 0 fully saturated rings. The van der Waals surface area contributed by atoms with Crippen molar-refractivity contribution in [1.29, 1.82) is 0 Å². The first-order valence-electron chi connectivity index (χ1n) is 6.12. The van der Waals surface area contributed by atoms with Gasteiger partial charge in [-0.1, -0.05) is 29.8 Å². The van der Waals surface area contributed by atoms with Crippen LogP contribution in [0.5, 0.6) is 0 Å². The average molecular weight is 324 g/mol. The second-order valence-electron chi connectivity index (χ2n) is 4.41. The van der Waals surface area contributed by atoms with Crippen LogP contribution in [-0.4, -0.2) is 11.7 Å². The highest BCUT2D eigenvalue weighted by Crippen LogP contribution is 2.36. The first-order valence-corrected chi connectivity index (χ1v) is 7.31. The molecule has 2 rings (SSSR count). The number of hydrogen-bond acceptors (Lipinski definition) is 5. The number of carbonyl (C=O) groups excluding carboxylic acids is 2. The van der Waals surface area contributed by atoms with Crippen LogP contribution in [0.2, 0.25) is 5.02 Å². The minimum atomic E-state index is -0.669. The number of rotatable bonds is 5. The summed E-state index contributed by atoms with van der Waals surface area (Å²) in [5.74, 6) is -0.872. The molecule has 5 nitrogen and oxygen atoms in total. The lowest BCUT2D eigenvalue weighted by molar-refractivity contribution is 0.100. The van der Waals surface area contributed by atoms with E-state index in [-0.39, 0.29) is 17.0 Å². The molecule has 0 saturated heterocycles. The molecule has 5 N–H and O–H groups in total. The molecule has 110 valence electrons. The van der Waals surface area contributed by atoms with Crippen LogP contribution < -0.4 is 16.8 Å². The van der Waals surface area contributed by atoms with Gasteiger partial charge in [0.15, 0.2) is 5.78 Å². The van der Waals surface area contributed by atoms with Gasteiger partial charge in [-0.15, -0.1) is 11.3 Å². The summed E-state index contributed by atoms with van der Waals surface area (Å²) in [6, 6.07) is 7.33. The van der Waals surface area contributed by atoms with Crippen LogP contribution in [0.3, 0.4) is 0 Å². The van der Waals surface area contributed by atoms with Crippen molar-refractivity contribution in [2.75, 3.05) is 11.1 Å². The Kier molecular flexibility index (Phi) is 4.50. The fourth-order valence-corrected chi connectivity index (χ4v) is 3.11. The van der Waals surface area contributed by atoms with Gasteiger partial charge in [0.25, 0.3) is 5.91 Å². The molecule has 1 heterocycles. The van der Waals surface area contributed by atoms with Gasteiger partial charge < -0.3 is 16.8 Å². The number of hydrogen-bond donors (Lipinski definition) is 3. The average Bonchev–Trinajstić information content (AvgIpc) is 2.75. The molecular weight excluding hydrogens is 310 g/mol. The standard InChI is InChI=1S/C14H14ClN3O2S/c1-7(19)12-11(16)10(13(17)20)14(21-12)18-6-8-4-2-3-5-9(8)15/h2-5,18H,6,16H2,1H3,(H2,17,20). The number of thiophene rings is 1. The quantitative estimate of drug-likeness (QED) is 0.737. The molecule has 1 aromatic heterocycles. The molecule has 21 heavy (non-hydrogen) atoms. The number of benzene rings is 1. The summed E-state index contributed by atoms with van der Waals surface area (Å²) in [6.07, 6.45) is 0. The number of carbonyl (C=O) groups is 2. The van der Waals surface area contributed by atoms with Gasteiger partial charge in [0.05, 0.1) is 16.1 Å². The highest BCUT2D eigenvalue weighted by molar-refractivity contribution is 7.19. The van der Waals surface area contributed by atoms with Crippen molar-refractivity contribution in [2.24, 2.45) is 5.73 Å². The molecule has 0 aliphatic heterocycles. The molecule has 0 aliphatic rings. The highest BCUT2D eigenvalue weighted by Gasteiger charge is 2.22. The molecule has 0 saturated carbocycles. The number of halogens is 1. The summed E-state index contributed by atoms with van der Waals surface area (Å²) in [5, 5.41) is 4.16. The SMILES string of the molecule is CC(=O)c1sc(NCc2ccccc2Cl)c(C(N)=O)c1N. The number of nitrogens with two attached hydrogens (primary N) is 2. The lowest BCUT2D eigenvalue weighted by Crippen LogP contribution is -2.15. The van der Waals surface area contributed by atoms with Crippen molar-refractivity contribution in [3.05, 3.63) is 45.3 Å². The number of nitrogens with one attached hydrogen (secondary N) is 1.